The fourth-order valence-electron chi connectivity index (χ4n) is 9.64. The van der Waals surface area contributed by atoms with Gasteiger partial charge in [-0.25, -0.2) is 0 Å². The number of carbonyl (C=O) groups excluding carboxylic acids is 2. The second-order valence-corrected chi connectivity index (χ2v) is 21.0. The summed E-state index contributed by atoms with van der Waals surface area (Å²) in [6.07, 6.45) is 68.2. The van der Waals surface area contributed by atoms with Gasteiger partial charge in [0.15, 0.2) is 0 Å². The molecule has 0 fully saturated rings. The fourth-order valence-corrected chi connectivity index (χ4v) is 9.64. The maximum Gasteiger partial charge on any atom is 0.305 e. The van der Waals surface area contributed by atoms with E-state index in [1.807, 2.05) is 6.08 Å². The highest BCUT2D eigenvalue weighted by atomic mass is 16.5. The Hall–Kier alpha value is -1.40. The van der Waals surface area contributed by atoms with Gasteiger partial charge in [0, 0.05) is 12.8 Å². The van der Waals surface area contributed by atoms with Crippen LogP contribution in [-0.2, 0) is 14.3 Å². The smallest absolute Gasteiger partial charge is 0.305 e. The Bertz CT molecular complexity index is 1000. The maximum absolute atomic E-state index is 12.5. The van der Waals surface area contributed by atoms with Crippen molar-refractivity contribution in [3.63, 3.8) is 0 Å². The molecular weight excluding hydrogens is 827 g/mol. The molecular formula is C61H119NO5. The molecule has 2 atom stereocenters. The summed E-state index contributed by atoms with van der Waals surface area (Å²) in [6.45, 7) is 4.92. The lowest BCUT2D eigenvalue weighted by molar-refractivity contribution is -0.143. The molecule has 0 saturated heterocycles. The topological polar surface area (TPSA) is 95.9 Å². The van der Waals surface area contributed by atoms with Gasteiger partial charge in [-0.15, -0.1) is 0 Å². The van der Waals surface area contributed by atoms with Crippen LogP contribution in [0.1, 0.15) is 341 Å². The minimum atomic E-state index is -0.842. The number of rotatable bonds is 57. The van der Waals surface area contributed by atoms with Crippen LogP contribution in [0.3, 0.4) is 0 Å². The Kier molecular flexibility index (Phi) is 56.0. The number of esters is 1. The van der Waals surface area contributed by atoms with E-state index < -0.39 is 12.1 Å². The summed E-state index contributed by atoms with van der Waals surface area (Å²) in [4.78, 5) is 24.5. The van der Waals surface area contributed by atoms with Crippen molar-refractivity contribution in [3.8, 4) is 0 Å². The molecule has 0 saturated carbocycles. The van der Waals surface area contributed by atoms with E-state index in [9.17, 15) is 19.8 Å². The summed E-state index contributed by atoms with van der Waals surface area (Å²) in [5, 5.41) is 23.1. The van der Waals surface area contributed by atoms with Gasteiger partial charge in [-0.1, -0.05) is 309 Å². The van der Waals surface area contributed by atoms with E-state index in [2.05, 4.69) is 19.2 Å². The predicted molar refractivity (Wildman–Crippen MR) is 292 cm³/mol. The molecule has 6 nitrogen and oxygen atoms in total. The van der Waals surface area contributed by atoms with E-state index in [4.69, 9.17) is 4.74 Å². The molecule has 0 aromatic carbocycles. The standard InChI is InChI=1S/C61H119NO5/c1-3-5-7-9-11-13-15-17-30-33-37-41-45-49-53-59(64)58(57-63)62-60(65)54-50-46-42-38-34-31-27-25-23-21-19-18-20-22-24-26-28-32-36-40-44-48-52-56-67-61(66)55-51-47-43-39-35-29-16-14-12-10-8-6-4-2/h49,53,58-59,63-64H,3-48,50-52,54-57H2,1-2H3,(H,62,65)/b53-49+. The first kappa shape index (κ1) is 65.6. The summed E-state index contributed by atoms with van der Waals surface area (Å²) in [5.74, 6) is -0.0498. The molecule has 0 aliphatic rings. The van der Waals surface area contributed by atoms with Crippen molar-refractivity contribution in [2.45, 2.75) is 353 Å². The van der Waals surface area contributed by atoms with E-state index >= 15 is 0 Å². The first-order valence-electron chi connectivity index (χ1n) is 30.5. The van der Waals surface area contributed by atoms with Crippen LogP contribution in [0.2, 0.25) is 0 Å². The number of ether oxygens (including phenoxy) is 1. The molecule has 0 bridgehead atoms. The molecule has 0 spiro atoms. The number of hydrogen-bond acceptors (Lipinski definition) is 5. The van der Waals surface area contributed by atoms with Crippen molar-refractivity contribution in [2.24, 2.45) is 0 Å². The lowest BCUT2D eigenvalue weighted by atomic mass is 10.0. The van der Waals surface area contributed by atoms with Gasteiger partial charge in [0.1, 0.15) is 0 Å². The highest BCUT2D eigenvalue weighted by molar-refractivity contribution is 5.76. The number of allylic oxidation sites excluding steroid dienone is 1. The van der Waals surface area contributed by atoms with Crippen molar-refractivity contribution in [2.75, 3.05) is 13.2 Å². The third kappa shape index (κ3) is 53.8. The third-order valence-corrected chi connectivity index (χ3v) is 14.3. The molecule has 3 N–H and O–H groups in total. The zero-order valence-corrected chi connectivity index (χ0v) is 45.4. The van der Waals surface area contributed by atoms with E-state index in [1.54, 1.807) is 6.08 Å². The number of amides is 1. The Morgan fingerprint density at radius 2 is 0.687 bits per heavy atom. The summed E-state index contributed by atoms with van der Waals surface area (Å²) < 4.78 is 5.48. The molecule has 6 heteroatoms. The van der Waals surface area contributed by atoms with Gasteiger partial charge in [-0.2, -0.15) is 0 Å². The molecule has 0 aromatic rings. The second-order valence-electron chi connectivity index (χ2n) is 21.0. The molecule has 0 aromatic heterocycles. The Morgan fingerprint density at radius 1 is 0.403 bits per heavy atom. The number of carbonyl (C=O) groups is 2. The van der Waals surface area contributed by atoms with Crippen LogP contribution in [0.15, 0.2) is 12.2 Å². The van der Waals surface area contributed by atoms with Gasteiger partial charge >= 0.3 is 5.97 Å². The summed E-state index contributed by atoms with van der Waals surface area (Å²) in [7, 11) is 0. The Balaban J connectivity index is 3.38. The lowest BCUT2D eigenvalue weighted by Crippen LogP contribution is -2.45. The van der Waals surface area contributed by atoms with Crippen LogP contribution in [0.25, 0.3) is 0 Å². The number of aliphatic hydroxyl groups is 2. The van der Waals surface area contributed by atoms with Crippen LogP contribution >= 0.6 is 0 Å². The highest BCUT2D eigenvalue weighted by Crippen LogP contribution is 2.18. The van der Waals surface area contributed by atoms with E-state index in [0.29, 0.717) is 19.4 Å². The monoisotopic (exact) mass is 946 g/mol. The van der Waals surface area contributed by atoms with Crippen molar-refractivity contribution < 1.29 is 24.5 Å². The highest BCUT2D eigenvalue weighted by Gasteiger charge is 2.18. The molecule has 0 heterocycles. The van der Waals surface area contributed by atoms with Gasteiger partial charge < -0.3 is 20.3 Å². The molecule has 2 unspecified atom stereocenters. The SMILES string of the molecule is CCCCCCCCCCCCCC/C=C/C(O)C(CO)NC(=O)CCCCCCCCCCCCCCCCCCCCCCCCCOC(=O)CCCCCCCCCCCCCCC. The van der Waals surface area contributed by atoms with Gasteiger partial charge in [-0.3, -0.25) is 9.59 Å². The average molecular weight is 947 g/mol. The molecule has 0 radical (unpaired) electrons. The molecule has 1 amide bonds. The lowest BCUT2D eigenvalue weighted by Gasteiger charge is -2.20. The van der Waals surface area contributed by atoms with Crippen LogP contribution in [0.5, 0.6) is 0 Å². The fraction of sp³-hybridized carbons (Fsp3) is 0.934. The molecule has 67 heavy (non-hydrogen) atoms. The Labute approximate surface area is 419 Å². The van der Waals surface area contributed by atoms with Gasteiger partial charge in [0.2, 0.25) is 5.91 Å². The van der Waals surface area contributed by atoms with E-state index in [0.717, 1.165) is 38.5 Å². The Morgan fingerprint density at radius 3 is 1.01 bits per heavy atom. The minimum Gasteiger partial charge on any atom is -0.466 e. The average Bonchev–Trinajstić information content (AvgIpc) is 3.33. The summed E-state index contributed by atoms with van der Waals surface area (Å²) in [5.41, 5.74) is 0. The minimum absolute atomic E-state index is 0.0159. The third-order valence-electron chi connectivity index (χ3n) is 14.3. The van der Waals surface area contributed by atoms with Crippen LogP contribution in [0, 0.1) is 0 Å². The van der Waals surface area contributed by atoms with Gasteiger partial charge in [-0.05, 0) is 32.1 Å². The quantitative estimate of drug-likeness (QED) is 0.0321. The van der Waals surface area contributed by atoms with Crippen LogP contribution < -0.4 is 5.32 Å². The van der Waals surface area contributed by atoms with Crippen molar-refractivity contribution in [3.05, 3.63) is 12.2 Å². The second kappa shape index (κ2) is 57.2. The van der Waals surface area contributed by atoms with Gasteiger partial charge in [0.25, 0.3) is 0 Å². The predicted octanol–water partition coefficient (Wildman–Crippen LogP) is 18.9. The van der Waals surface area contributed by atoms with Crippen molar-refractivity contribution in [1.29, 1.82) is 0 Å². The zero-order chi connectivity index (χ0) is 48.6. The molecule has 398 valence electrons. The first-order chi connectivity index (χ1) is 33.0. The number of aliphatic hydroxyl groups excluding tert-OH is 2. The first-order valence-corrected chi connectivity index (χ1v) is 30.5. The molecule has 0 aliphatic carbocycles. The van der Waals surface area contributed by atoms with Gasteiger partial charge in [0.05, 0.1) is 25.4 Å². The largest absolute Gasteiger partial charge is 0.466 e. The summed E-state index contributed by atoms with van der Waals surface area (Å²) in [6, 6.07) is -0.626. The van der Waals surface area contributed by atoms with Crippen LogP contribution in [0.4, 0.5) is 0 Å². The number of unbranched alkanes of at least 4 members (excludes halogenated alkanes) is 46. The molecule has 0 rings (SSSR count). The van der Waals surface area contributed by atoms with E-state index in [-0.39, 0.29) is 18.5 Å². The number of hydrogen-bond donors (Lipinski definition) is 3. The van der Waals surface area contributed by atoms with Crippen molar-refractivity contribution in [1.82, 2.24) is 5.32 Å². The van der Waals surface area contributed by atoms with Crippen molar-refractivity contribution >= 4 is 11.9 Å². The maximum atomic E-state index is 12.5. The molecule has 0 aliphatic heterocycles. The van der Waals surface area contributed by atoms with E-state index in [1.165, 1.54) is 276 Å². The number of nitrogens with one attached hydrogen (secondary N) is 1. The van der Waals surface area contributed by atoms with Crippen LogP contribution in [-0.4, -0.2) is 47.4 Å². The zero-order valence-electron chi connectivity index (χ0n) is 45.4. The summed E-state index contributed by atoms with van der Waals surface area (Å²) >= 11 is 0. The normalized spacial score (nSPS) is 12.6.